The van der Waals surface area contributed by atoms with Crippen LogP contribution in [0.25, 0.3) is 0 Å². The fourth-order valence-corrected chi connectivity index (χ4v) is 9.05. The molecule has 4 N–H and O–H groups in total. The van der Waals surface area contributed by atoms with Gasteiger partial charge in [-0.25, -0.2) is 0 Å². The molecule has 3 aliphatic heterocycles. The SMILES string of the molecule is CCNC(=O)C(=O)CC[C@H](NC(=O)C1CN2CCC1CC2)C(=O)Nc1cccn(CC(=O)NC2(C#N)C3CC4CC(C3)C2C4)c1=O. The van der Waals surface area contributed by atoms with E-state index in [-0.39, 0.29) is 61.2 Å². The Bertz CT molecular complexity index is 1510. The molecule has 7 aliphatic rings. The second-order valence-electron chi connectivity index (χ2n) is 13.9. The Morgan fingerprint density at radius 1 is 1.09 bits per heavy atom. The molecule has 3 saturated heterocycles. The quantitative estimate of drug-likeness (QED) is 0.241. The van der Waals surface area contributed by atoms with Crippen LogP contribution in [0, 0.1) is 46.8 Å². The molecule has 7 atom stereocenters. The lowest BCUT2D eigenvalue weighted by atomic mass is 9.70. The van der Waals surface area contributed by atoms with Crippen LogP contribution < -0.4 is 26.8 Å². The first-order valence-corrected chi connectivity index (χ1v) is 16.7. The molecule has 0 radical (unpaired) electrons. The number of hydrogen-bond acceptors (Lipinski definition) is 8. The summed E-state index contributed by atoms with van der Waals surface area (Å²) < 4.78 is 1.18. The first-order chi connectivity index (χ1) is 22.1. The molecule has 4 aliphatic carbocycles. The summed E-state index contributed by atoms with van der Waals surface area (Å²) >= 11 is 0. The van der Waals surface area contributed by atoms with Crippen molar-refractivity contribution in [1.82, 2.24) is 25.4 Å². The van der Waals surface area contributed by atoms with E-state index in [9.17, 15) is 34.0 Å². The summed E-state index contributed by atoms with van der Waals surface area (Å²) in [5.74, 6) is -1.60. The predicted octanol–water partition coefficient (Wildman–Crippen LogP) is 0.543. The number of carbonyl (C=O) groups excluding carboxylic acids is 5. The summed E-state index contributed by atoms with van der Waals surface area (Å²) in [5.41, 5.74) is -1.62. The van der Waals surface area contributed by atoms with Crippen molar-refractivity contribution in [3.8, 4) is 6.07 Å². The third kappa shape index (κ3) is 6.07. The number of piperidine rings is 3. The molecule has 4 saturated carbocycles. The average Bonchev–Trinajstić information content (AvgIpc) is 3.46. The van der Waals surface area contributed by atoms with Crippen molar-refractivity contribution in [1.29, 1.82) is 5.26 Å². The number of fused-ring (bicyclic) bond motifs is 3. The van der Waals surface area contributed by atoms with Crippen LogP contribution in [0.15, 0.2) is 23.1 Å². The van der Waals surface area contributed by atoms with Crippen LogP contribution in [0.2, 0.25) is 0 Å². The maximum atomic E-state index is 13.5. The highest BCUT2D eigenvalue weighted by Gasteiger charge is 2.63. The van der Waals surface area contributed by atoms with Crippen LogP contribution in [0.4, 0.5) is 5.69 Å². The van der Waals surface area contributed by atoms with Gasteiger partial charge in [0, 0.05) is 25.7 Å². The summed E-state index contributed by atoms with van der Waals surface area (Å²) in [6.07, 6.45) is 6.80. The van der Waals surface area contributed by atoms with Gasteiger partial charge in [-0.3, -0.25) is 28.8 Å². The highest BCUT2D eigenvalue weighted by atomic mass is 16.2. The predicted molar refractivity (Wildman–Crippen MR) is 166 cm³/mol. The zero-order chi connectivity index (χ0) is 32.6. The van der Waals surface area contributed by atoms with Gasteiger partial charge in [-0.05, 0) is 107 Å². The third-order valence-electron chi connectivity index (χ3n) is 11.2. The van der Waals surface area contributed by atoms with Crippen molar-refractivity contribution in [2.24, 2.45) is 35.5 Å². The molecule has 6 bridgehead atoms. The van der Waals surface area contributed by atoms with Crippen LogP contribution in [-0.2, 0) is 30.5 Å². The summed E-state index contributed by atoms with van der Waals surface area (Å²) in [7, 11) is 0. The van der Waals surface area contributed by atoms with Gasteiger partial charge in [0.25, 0.3) is 11.5 Å². The second kappa shape index (κ2) is 13.0. The molecule has 0 spiro atoms. The number of nitriles is 1. The molecular formula is C33H43N7O6. The number of amides is 4. The van der Waals surface area contributed by atoms with Gasteiger partial charge in [-0.15, -0.1) is 0 Å². The molecule has 13 heteroatoms. The Kier molecular flexibility index (Phi) is 9.01. The standard InChI is InChI=1S/C33H43N7O6/c1-2-35-31(45)27(41)6-5-25(36-29(43)23-16-39-10-7-20(23)8-11-39)30(44)37-26-4-3-9-40(32(26)46)17-28(42)38-33(18-34)22-13-19-12-21(15-22)24(33)14-19/h3-4,9,19-25H,2,5-8,10-17H2,1H3,(H,35,45)(H,36,43)(H,37,44)(H,38,42)/t19?,21?,22?,23?,24?,25-,33?/m0/s1. The summed E-state index contributed by atoms with van der Waals surface area (Å²) in [6.45, 7) is 4.14. The molecule has 13 nitrogen and oxygen atoms in total. The molecule has 8 rings (SSSR count). The average molecular weight is 634 g/mol. The maximum absolute atomic E-state index is 13.5. The van der Waals surface area contributed by atoms with Gasteiger partial charge in [0.1, 0.15) is 23.8 Å². The molecule has 1 aromatic rings. The largest absolute Gasteiger partial charge is 0.350 e. The van der Waals surface area contributed by atoms with E-state index in [0.717, 1.165) is 51.6 Å². The maximum Gasteiger partial charge on any atom is 0.287 e. The number of Topliss-reactive ketones (excluding diaryl/α,β-unsaturated/α-hetero) is 1. The van der Waals surface area contributed by atoms with Gasteiger partial charge in [-0.2, -0.15) is 5.26 Å². The fourth-order valence-electron chi connectivity index (χ4n) is 9.05. The Morgan fingerprint density at radius 2 is 1.87 bits per heavy atom. The normalized spacial score (nSPS) is 32.3. The lowest BCUT2D eigenvalue weighted by molar-refractivity contribution is -0.138. The van der Waals surface area contributed by atoms with E-state index in [2.05, 4.69) is 32.2 Å². The molecule has 246 valence electrons. The van der Waals surface area contributed by atoms with Crippen molar-refractivity contribution < 1.29 is 24.0 Å². The topological polar surface area (TPSA) is 182 Å². The second-order valence-corrected chi connectivity index (χ2v) is 13.9. The third-order valence-corrected chi connectivity index (χ3v) is 11.2. The minimum atomic E-state index is -1.17. The van der Waals surface area contributed by atoms with Gasteiger partial charge in [0.15, 0.2) is 0 Å². The van der Waals surface area contributed by atoms with Gasteiger partial charge in [0.2, 0.25) is 23.5 Å². The number of ketones is 1. The first kappa shape index (κ1) is 31.9. The first-order valence-electron chi connectivity index (χ1n) is 16.7. The molecule has 6 unspecified atom stereocenters. The van der Waals surface area contributed by atoms with Gasteiger partial charge < -0.3 is 30.7 Å². The molecule has 4 amide bonds. The van der Waals surface area contributed by atoms with E-state index >= 15 is 0 Å². The van der Waals surface area contributed by atoms with Crippen molar-refractivity contribution in [2.45, 2.75) is 76.4 Å². The van der Waals surface area contributed by atoms with Crippen LogP contribution in [0.3, 0.4) is 0 Å². The number of rotatable bonds is 12. The van der Waals surface area contributed by atoms with E-state index < -0.39 is 40.6 Å². The number of likely N-dealkylation sites (N-methyl/N-ethyl adjacent to an activating group) is 1. The van der Waals surface area contributed by atoms with Crippen LogP contribution >= 0.6 is 0 Å². The molecule has 0 aromatic carbocycles. The van der Waals surface area contributed by atoms with Gasteiger partial charge in [0.05, 0.1) is 12.0 Å². The zero-order valence-corrected chi connectivity index (χ0v) is 26.3. The monoisotopic (exact) mass is 633 g/mol. The van der Waals surface area contributed by atoms with Crippen LogP contribution in [0.1, 0.15) is 58.3 Å². The van der Waals surface area contributed by atoms with Gasteiger partial charge >= 0.3 is 0 Å². The zero-order valence-electron chi connectivity index (χ0n) is 26.3. The summed E-state index contributed by atoms with van der Waals surface area (Å²) in [5, 5.41) is 21.0. The molecular weight excluding hydrogens is 590 g/mol. The molecule has 7 fully saturated rings. The van der Waals surface area contributed by atoms with Crippen molar-refractivity contribution >= 4 is 35.1 Å². The fraction of sp³-hybridized carbons (Fsp3) is 0.667. The molecule has 4 heterocycles. The number of nitrogens with one attached hydrogen (secondary N) is 4. The Labute approximate surface area is 267 Å². The summed E-state index contributed by atoms with van der Waals surface area (Å²) in [6, 6.07) is 4.21. The summed E-state index contributed by atoms with van der Waals surface area (Å²) in [4.78, 5) is 80.1. The highest BCUT2D eigenvalue weighted by molar-refractivity contribution is 6.36. The van der Waals surface area contributed by atoms with E-state index in [0.29, 0.717) is 18.4 Å². The Balaban J connectivity index is 1.13. The lowest BCUT2D eigenvalue weighted by Gasteiger charge is -2.44. The van der Waals surface area contributed by atoms with Crippen molar-refractivity contribution in [3.05, 3.63) is 28.7 Å². The highest BCUT2D eigenvalue weighted by Crippen LogP contribution is 2.62. The number of nitrogens with zero attached hydrogens (tertiary/aromatic N) is 3. The molecule has 46 heavy (non-hydrogen) atoms. The number of aromatic nitrogens is 1. The Hall–Kier alpha value is -4.05. The minimum absolute atomic E-state index is 0.0917. The Morgan fingerprint density at radius 3 is 2.54 bits per heavy atom. The lowest BCUT2D eigenvalue weighted by Crippen LogP contribution is -2.57. The number of pyridine rings is 1. The van der Waals surface area contributed by atoms with E-state index in [4.69, 9.17) is 0 Å². The van der Waals surface area contributed by atoms with Crippen molar-refractivity contribution in [2.75, 3.05) is 31.5 Å². The van der Waals surface area contributed by atoms with Gasteiger partial charge in [-0.1, -0.05) is 0 Å². The van der Waals surface area contributed by atoms with E-state index in [1.165, 1.54) is 22.9 Å². The molecule has 1 aromatic heterocycles. The van der Waals surface area contributed by atoms with Crippen molar-refractivity contribution in [3.63, 3.8) is 0 Å². The number of hydrogen-bond donors (Lipinski definition) is 4. The smallest absolute Gasteiger partial charge is 0.287 e. The number of anilines is 1. The van der Waals surface area contributed by atoms with Crippen LogP contribution in [-0.4, -0.2) is 76.6 Å². The van der Waals surface area contributed by atoms with E-state index in [1.54, 1.807) is 6.92 Å². The van der Waals surface area contributed by atoms with Crippen LogP contribution in [0.5, 0.6) is 0 Å². The minimum Gasteiger partial charge on any atom is -0.350 e. The number of carbonyl (C=O) groups is 5. The van der Waals surface area contributed by atoms with E-state index in [1.807, 2.05) is 0 Å².